The largest absolute Gasteiger partial charge is 0.384 e. The van der Waals surface area contributed by atoms with Crippen LogP contribution in [0.2, 0.25) is 0 Å². The first-order valence-corrected chi connectivity index (χ1v) is 8.50. The van der Waals surface area contributed by atoms with Crippen LogP contribution in [0.15, 0.2) is 77.6 Å². The van der Waals surface area contributed by atoms with E-state index >= 15 is 0 Å². The molecule has 0 saturated carbocycles. The zero-order valence-electron chi connectivity index (χ0n) is 14.5. The molecule has 27 heavy (non-hydrogen) atoms. The molecule has 4 rings (SSSR count). The number of amidine groups is 1. The second-order valence-electron chi connectivity index (χ2n) is 6.40. The molecular formula is C22H17N3O2. The highest BCUT2D eigenvalue weighted by atomic mass is 16.5. The van der Waals surface area contributed by atoms with Crippen LogP contribution in [0.3, 0.4) is 0 Å². The van der Waals surface area contributed by atoms with E-state index in [1.807, 2.05) is 60.7 Å². The van der Waals surface area contributed by atoms with Crippen molar-refractivity contribution in [3.8, 4) is 11.1 Å². The third-order valence-electron chi connectivity index (χ3n) is 4.53. The van der Waals surface area contributed by atoms with Crippen molar-refractivity contribution in [2.24, 2.45) is 5.73 Å². The summed E-state index contributed by atoms with van der Waals surface area (Å²) in [5.41, 5.74) is 9.57. The van der Waals surface area contributed by atoms with Crippen LogP contribution in [-0.4, -0.2) is 16.8 Å². The Balaban J connectivity index is 1.58. The monoisotopic (exact) mass is 355 g/mol. The zero-order valence-corrected chi connectivity index (χ0v) is 14.5. The highest BCUT2D eigenvalue weighted by Crippen LogP contribution is 2.22. The predicted octanol–water partition coefficient (Wildman–Crippen LogP) is 4.20. The fourth-order valence-electron chi connectivity index (χ4n) is 3.08. The molecule has 1 aromatic heterocycles. The number of hydrogen-bond donors (Lipinski definition) is 2. The number of Topliss-reactive ketones (excluding diaryl/α,β-unsaturated/α-hetero) is 1. The number of hydrogen-bond acceptors (Lipinski definition) is 4. The maximum atomic E-state index is 12.7. The van der Waals surface area contributed by atoms with Crippen LogP contribution in [0.1, 0.15) is 21.5 Å². The van der Waals surface area contributed by atoms with Crippen LogP contribution in [0.4, 0.5) is 0 Å². The maximum absolute atomic E-state index is 12.7. The third-order valence-corrected chi connectivity index (χ3v) is 4.53. The van der Waals surface area contributed by atoms with Crippen molar-refractivity contribution in [3.63, 3.8) is 0 Å². The topological polar surface area (TPSA) is 93.0 Å². The van der Waals surface area contributed by atoms with E-state index in [0.717, 1.165) is 27.5 Å². The van der Waals surface area contributed by atoms with Gasteiger partial charge in [-0.25, -0.2) is 0 Å². The van der Waals surface area contributed by atoms with Gasteiger partial charge in [0.2, 0.25) is 0 Å². The fraction of sp³-hybridized carbons (Fsp3) is 0.0455. The number of nitrogens with two attached hydrogens (primary N) is 1. The van der Waals surface area contributed by atoms with Gasteiger partial charge in [0.25, 0.3) is 0 Å². The average Bonchev–Trinajstić information content (AvgIpc) is 3.22. The Labute approximate surface area is 155 Å². The molecule has 0 amide bonds. The van der Waals surface area contributed by atoms with Crippen LogP contribution in [0, 0.1) is 5.41 Å². The highest BCUT2D eigenvalue weighted by molar-refractivity contribution is 6.00. The van der Waals surface area contributed by atoms with Crippen LogP contribution in [-0.2, 0) is 6.42 Å². The van der Waals surface area contributed by atoms with E-state index in [9.17, 15) is 4.79 Å². The van der Waals surface area contributed by atoms with Crippen molar-refractivity contribution in [3.05, 3.63) is 89.8 Å². The molecule has 5 nitrogen and oxygen atoms in total. The van der Waals surface area contributed by atoms with E-state index in [0.29, 0.717) is 17.5 Å². The van der Waals surface area contributed by atoms with E-state index in [2.05, 4.69) is 5.16 Å². The Bertz CT molecular complexity index is 1150. The minimum Gasteiger partial charge on any atom is -0.384 e. The van der Waals surface area contributed by atoms with Gasteiger partial charge in [-0.15, -0.1) is 0 Å². The number of benzene rings is 3. The van der Waals surface area contributed by atoms with Crippen LogP contribution in [0.25, 0.3) is 21.9 Å². The van der Waals surface area contributed by atoms with Gasteiger partial charge in [-0.05, 0) is 34.0 Å². The lowest BCUT2D eigenvalue weighted by Gasteiger charge is -2.06. The van der Waals surface area contributed by atoms with Gasteiger partial charge in [0, 0.05) is 23.1 Å². The number of rotatable bonds is 5. The summed E-state index contributed by atoms with van der Waals surface area (Å²) in [7, 11) is 0. The average molecular weight is 355 g/mol. The smallest absolute Gasteiger partial charge is 0.167 e. The molecule has 5 heteroatoms. The number of ketones is 1. The lowest BCUT2D eigenvalue weighted by atomic mass is 9.97. The Morgan fingerprint density at radius 2 is 1.78 bits per heavy atom. The molecule has 132 valence electrons. The molecule has 0 spiro atoms. The highest BCUT2D eigenvalue weighted by Gasteiger charge is 2.10. The first kappa shape index (κ1) is 16.7. The predicted molar refractivity (Wildman–Crippen MR) is 105 cm³/mol. The number of carbonyl (C=O) groups excluding carboxylic acids is 1. The van der Waals surface area contributed by atoms with Gasteiger partial charge < -0.3 is 10.3 Å². The second-order valence-corrected chi connectivity index (χ2v) is 6.40. The van der Waals surface area contributed by atoms with Crippen LogP contribution < -0.4 is 5.73 Å². The second kappa shape index (κ2) is 6.88. The standard InChI is InChI=1S/C22H17N3O2/c23-22(24)19-7-6-16-8-14(4-5-17(16)11-19)9-21(26)18-3-1-2-15(10-18)20-12-25-27-13-20/h1-8,10-13H,9H2,(H3,23,24). The maximum Gasteiger partial charge on any atom is 0.167 e. The third kappa shape index (κ3) is 3.48. The summed E-state index contributed by atoms with van der Waals surface area (Å²) in [5, 5.41) is 13.2. The lowest BCUT2D eigenvalue weighted by molar-refractivity contribution is 0.0993. The van der Waals surface area contributed by atoms with Crippen LogP contribution in [0.5, 0.6) is 0 Å². The molecule has 0 aliphatic rings. The summed E-state index contributed by atoms with van der Waals surface area (Å²) in [4.78, 5) is 12.7. The van der Waals surface area contributed by atoms with E-state index in [4.69, 9.17) is 15.7 Å². The molecule has 0 atom stereocenters. The van der Waals surface area contributed by atoms with Crippen molar-refractivity contribution in [2.75, 3.05) is 0 Å². The van der Waals surface area contributed by atoms with Crippen LogP contribution >= 0.6 is 0 Å². The molecule has 0 bridgehead atoms. The van der Waals surface area contributed by atoms with E-state index in [1.165, 1.54) is 0 Å². The molecule has 0 aliphatic carbocycles. The van der Waals surface area contributed by atoms with Gasteiger partial charge in [0.1, 0.15) is 12.1 Å². The SMILES string of the molecule is N=C(N)c1ccc2cc(CC(=O)c3cccc(-c4cnoc4)c3)ccc2c1. The molecule has 0 unspecified atom stereocenters. The number of aromatic nitrogens is 1. The van der Waals surface area contributed by atoms with Gasteiger partial charge >= 0.3 is 0 Å². The Kier molecular flexibility index (Phi) is 4.26. The molecule has 0 fully saturated rings. The van der Waals surface area contributed by atoms with E-state index in [-0.39, 0.29) is 11.6 Å². The molecule has 0 saturated heterocycles. The Hall–Kier alpha value is -3.73. The minimum absolute atomic E-state index is 0.0452. The van der Waals surface area contributed by atoms with E-state index < -0.39 is 0 Å². The van der Waals surface area contributed by atoms with Crippen molar-refractivity contribution < 1.29 is 9.32 Å². The summed E-state index contributed by atoms with van der Waals surface area (Å²) in [6.45, 7) is 0. The van der Waals surface area contributed by atoms with Crippen molar-refractivity contribution in [1.82, 2.24) is 5.16 Å². The lowest BCUT2D eigenvalue weighted by Crippen LogP contribution is -2.10. The summed E-state index contributed by atoms with van der Waals surface area (Å²) in [6.07, 6.45) is 3.50. The minimum atomic E-state index is 0.0452. The first-order chi connectivity index (χ1) is 13.1. The number of carbonyl (C=O) groups is 1. The summed E-state index contributed by atoms with van der Waals surface area (Å²) >= 11 is 0. The molecule has 1 heterocycles. The van der Waals surface area contributed by atoms with Gasteiger partial charge in [-0.2, -0.15) is 0 Å². The molecule has 0 radical (unpaired) electrons. The first-order valence-electron chi connectivity index (χ1n) is 8.50. The van der Waals surface area contributed by atoms with Crippen molar-refractivity contribution in [1.29, 1.82) is 5.41 Å². The number of fused-ring (bicyclic) bond motifs is 1. The van der Waals surface area contributed by atoms with Gasteiger partial charge in [-0.1, -0.05) is 53.7 Å². The van der Waals surface area contributed by atoms with Gasteiger partial charge in [-0.3, -0.25) is 10.2 Å². The molecule has 0 aliphatic heterocycles. The quantitative estimate of drug-likeness (QED) is 0.319. The Morgan fingerprint density at radius 3 is 2.56 bits per heavy atom. The number of nitrogens with one attached hydrogen (secondary N) is 1. The van der Waals surface area contributed by atoms with Crippen molar-refractivity contribution >= 4 is 22.4 Å². The molecule has 4 aromatic rings. The fourth-order valence-corrected chi connectivity index (χ4v) is 3.08. The van der Waals surface area contributed by atoms with Crippen molar-refractivity contribution in [2.45, 2.75) is 6.42 Å². The van der Waals surface area contributed by atoms with Gasteiger partial charge in [0.05, 0.1) is 6.20 Å². The molecule has 3 aromatic carbocycles. The summed E-state index contributed by atoms with van der Waals surface area (Å²) in [5.74, 6) is 0.0943. The molecule has 3 N–H and O–H groups in total. The Morgan fingerprint density at radius 1 is 0.963 bits per heavy atom. The number of nitrogens with zero attached hydrogens (tertiary/aromatic N) is 1. The summed E-state index contributed by atoms with van der Waals surface area (Å²) in [6, 6.07) is 19.0. The normalized spacial score (nSPS) is 10.8. The summed E-state index contributed by atoms with van der Waals surface area (Å²) < 4.78 is 4.87. The number of nitrogen functional groups attached to an aromatic ring is 1. The zero-order chi connectivity index (χ0) is 18.8. The van der Waals surface area contributed by atoms with Gasteiger partial charge in [0.15, 0.2) is 5.78 Å². The molecular weight excluding hydrogens is 338 g/mol. The van der Waals surface area contributed by atoms with E-state index in [1.54, 1.807) is 12.5 Å².